The van der Waals surface area contributed by atoms with Crippen molar-refractivity contribution in [2.24, 2.45) is 5.92 Å². The van der Waals surface area contributed by atoms with Gasteiger partial charge in [-0.15, -0.1) is 0 Å². The average Bonchev–Trinajstić information content (AvgIpc) is 2.85. The lowest BCUT2D eigenvalue weighted by Crippen LogP contribution is -2.43. The fraction of sp³-hybridized carbons (Fsp3) is 0.536. The third kappa shape index (κ3) is 7.13. The fourth-order valence-corrected chi connectivity index (χ4v) is 5.84. The highest BCUT2D eigenvalue weighted by Crippen LogP contribution is 2.31. The van der Waals surface area contributed by atoms with Crippen LogP contribution >= 0.6 is 23.2 Å². The molecule has 1 aliphatic carbocycles. The summed E-state index contributed by atoms with van der Waals surface area (Å²) in [7, 11) is 1.82. The van der Waals surface area contributed by atoms with Gasteiger partial charge in [0.05, 0.1) is 17.5 Å². The van der Waals surface area contributed by atoms with Crippen molar-refractivity contribution in [2.75, 3.05) is 39.8 Å². The minimum atomic E-state index is -0.177. The van der Waals surface area contributed by atoms with Crippen LogP contribution in [0.3, 0.4) is 0 Å². The Labute approximate surface area is 219 Å². The van der Waals surface area contributed by atoms with E-state index in [2.05, 4.69) is 22.0 Å². The molecule has 5 nitrogen and oxygen atoms in total. The monoisotopic (exact) mass is 517 g/mol. The van der Waals surface area contributed by atoms with Crippen LogP contribution in [-0.4, -0.2) is 61.6 Å². The van der Waals surface area contributed by atoms with E-state index in [1.54, 1.807) is 24.3 Å². The van der Waals surface area contributed by atoms with Crippen LogP contribution in [0.15, 0.2) is 58.4 Å². The van der Waals surface area contributed by atoms with Gasteiger partial charge >= 0.3 is 0 Å². The molecule has 1 amide bonds. The molecule has 2 aliphatic heterocycles. The lowest BCUT2D eigenvalue weighted by Gasteiger charge is -2.40. The number of piperidine rings is 2. The topological polar surface area (TPSA) is 44.8 Å². The number of allylic oxidation sites excluding steroid dienone is 4. The number of carbonyl (C=O) groups is 1. The smallest absolute Gasteiger partial charge is 0.255 e. The Kier molecular flexibility index (Phi) is 9.34. The molecule has 2 fully saturated rings. The predicted molar refractivity (Wildman–Crippen MR) is 144 cm³/mol. The first kappa shape index (κ1) is 26.3. The first-order chi connectivity index (χ1) is 16.9. The lowest BCUT2D eigenvalue weighted by molar-refractivity contribution is 0.0331. The second-order valence-electron chi connectivity index (χ2n) is 9.95. The van der Waals surface area contributed by atoms with Crippen molar-refractivity contribution >= 4 is 29.1 Å². The number of hydrogen-bond donors (Lipinski definition) is 1. The Morgan fingerprint density at radius 3 is 2.54 bits per heavy atom. The second kappa shape index (κ2) is 12.4. The van der Waals surface area contributed by atoms with E-state index in [1.165, 1.54) is 12.1 Å². The molecule has 0 radical (unpaired) electrons. The first-order valence-corrected chi connectivity index (χ1v) is 13.5. The number of hydrogen-bond acceptors (Lipinski definition) is 4. The molecule has 0 atom stereocenters. The predicted octanol–water partition coefficient (Wildman–Crippen LogP) is 5.97. The summed E-state index contributed by atoms with van der Waals surface area (Å²) in [6.07, 6.45) is 10.7. The molecule has 4 rings (SSSR count). The van der Waals surface area contributed by atoms with Gasteiger partial charge in [-0.1, -0.05) is 35.3 Å². The quantitative estimate of drug-likeness (QED) is 0.504. The molecule has 0 saturated carbocycles. The molecule has 2 saturated heterocycles. The Morgan fingerprint density at radius 1 is 1.11 bits per heavy atom. The van der Waals surface area contributed by atoms with E-state index in [-0.39, 0.29) is 5.91 Å². The number of halogens is 2. The minimum Gasteiger partial charge on any atom is -0.381 e. The van der Waals surface area contributed by atoms with Gasteiger partial charge in [0.15, 0.2) is 0 Å². The van der Waals surface area contributed by atoms with E-state index in [1.807, 2.05) is 19.3 Å². The van der Waals surface area contributed by atoms with Gasteiger partial charge in [0.2, 0.25) is 0 Å². The van der Waals surface area contributed by atoms with Crippen molar-refractivity contribution in [3.63, 3.8) is 0 Å². The van der Waals surface area contributed by atoms with Crippen LogP contribution in [-0.2, 0) is 4.74 Å². The third-order valence-electron chi connectivity index (χ3n) is 7.45. The summed E-state index contributed by atoms with van der Waals surface area (Å²) in [6, 6.07) is 7.03. The molecular weight excluding hydrogens is 481 g/mol. The molecule has 0 bridgehead atoms. The van der Waals surface area contributed by atoms with Gasteiger partial charge in [-0.3, -0.25) is 4.79 Å². The summed E-state index contributed by atoms with van der Waals surface area (Å²) in [6.45, 7) is 7.58. The summed E-state index contributed by atoms with van der Waals surface area (Å²) in [4.78, 5) is 18.2. The van der Waals surface area contributed by atoms with Gasteiger partial charge in [-0.2, -0.15) is 0 Å². The summed E-state index contributed by atoms with van der Waals surface area (Å²) < 4.78 is 5.53. The molecule has 1 aromatic carbocycles. The van der Waals surface area contributed by atoms with Crippen molar-refractivity contribution in [2.45, 2.75) is 51.6 Å². The number of methoxy groups -OCH3 is 1. The van der Waals surface area contributed by atoms with E-state index in [0.717, 1.165) is 76.1 Å². The van der Waals surface area contributed by atoms with Crippen LogP contribution < -0.4 is 5.32 Å². The molecule has 1 N–H and O–H groups in total. The number of nitrogens with one attached hydrogen (secondary N) is 1. The third-order valence-corrected chi connectivity index (χ3v) is 7.95. The molecule has 3 aliphatic rings. The zero-order valence-corrected chi connectivity index (χ0v) is 22.4. The number of carbonyl (C=O) groups excluding carboxylic acids is 1. The second-order valence-corrected chi connectivity index (χ2v) is 10.8. The van der Waals surface area contributed by atoms with Gasteiger partial charge in [-0.05, 0) is 81.2 Å². The van der Waals surface area contributed by atoms with E-state index in [9.17, 15) is 4.79 Å². The number of ether oxygens (including phenoxy) is 1. The van der Waals surface area contributed by atoms with Gasteiger partial charge in [0.25, 0.3) is 5.91 Å². The molecule has 7 heteroatoms. The van der Waals surface area contributed by atoms with Gasteiger partial charge in [0, 0.05) is 55.5 Å². The van der Waals surface area contributed by atoms with Crippen molar-refractivity contribution in [1.82, 2.24) is 15.1 Å². The maximum atomic E-state index is 13.1. The normalized spacial score (nSPS) is 21.3. The van der Waals surface area contributed by atoms with Crippen molar-refractivity contribution in [3.8, 4) is 0 Å². The number of likely N-dealkylation sites (tertiary alicyclic amines) is 2. The van der Waals surface area contributed by atoms with Crippen LogP contribution in [0.5, 0.6) is 0 Å². The fourth-order valence-electron chi connectivity index (χ4n) is 5.43. The van der Waals surface area contributed by atoms with Crippen LogP contribution in [0, 0.1) is 5.92 Å². The first-order valence-electron chi connectivity index (χ1n) is 12.8. The molecule has 1 aromatic rings. The van der Waals surface area contributed by atoms with Crippen LogP contribution in [0.2, 0.25) is 5.02 Å². The SMILES string of the molecule is COC1CCN(CC2CCN(C3=C(C)CCC=C(Cl)C=C3NC(=O)c3cccc(Cl)c3)CC2)CC1. The minimum absolute atomic E-state index is 0.177. The zero-order chi connectivity index (χ0) is 24.8. The van der Waals surface area contributed by atoms with Gasteiger partial charge < -0.3 is 19.9 Å². The number of amides is 1. The Morgan fingerprint density at radius 2 is 1.86 bits per heavy atom. The summed E-state index contributed by atoms with van der Waals surface area (Å²) in [5.41, 5.74) is 3.70. The maximum absolute atomic E-state index is 13.1. The summed E-state index contributed by atoms with van der Waals surface area (Å²) >= 11 is 12.6. The highest BCUT2D eigenvalue weighted by Gasteiger charge is 2.28. The van der Waals surface area contributed by atoms with Crippen molar-refractivity contribution < 1.29 is 9.53 Å². The van der Waals surface area contributed by atoms with E-state index < -0.39 is 0 Å². The van der Waals surface area contributed by atoms with Gasteiger partial charge in [-0.25, -0.2) is 0 Å². The molecule has 0 aromatic heterocycles. The Hall–Kier alpha value is -1.79. The van der Waals surface area contributed by atoms with E-state index >= 15 is 0 Å². The molecule has 35 heavy (non-hydrogen) atoms. The van der Waals surface area contributed by atoms with E-state index in [4.69, 9.17) is 27.9 Å². The van der Waals surface area contributed by atoms with Crippen LogP contribution in [0.25, 0.3) is 0 Å². The Bertz CT molecular complexity index is 988. The van der Waals surface area contributed by atoms with E-state index in [0.29, 0.717) is 27.6 Å². The highest BCUT2D eigenvalue weighted by atomic mass is 35.5. The maximum Gasteiger partial charge on any atom is 0.255 e. The summed E-state index contributed by atoms with van der Waals surface area (Å²) in [5.74, 6) is 0.528. The largest absolute Gasteiger partial charge is 0.381 e. The average molecular weight is 519 g/mol. The molecule has 0 spiro atoms. The number of benzene rings is 1. The molecule has 2 heterocycles. The van der Waals surface area contributed by atoms with Gasteiger partial charge in [0.1, 0.15) is 0 Å². The number of rotatable bonds is 6. The molecular formula is C28H37Cl2N3O2. The Balaban J connectivity index is 1.44. The summed E-state index contributed by atoms with van der Waals surface area (Å²) in [5, 5.41) is 4.35. The highest BCUT2D eigenvalue weighted by molar-refractivity contribution is 6.31. The van der Waals surface area contributed by atoms with Crippen molar-refractivity contribution in [3.05, 3.63) is 69.0 Å². The molecule has 0 unspecified atom stereocenters. The number of nitrogens with zero attached hydrogens (tertiary/aromatic N) is 2. The standard InChI is InChI=1S/C28H37Cl2N3O2/c1-20-5-3-7-24(30)18-26(31-28(34)22-6-4-8-23(29)17-22)27(20)33-15-9-21(10-16-33)19-32-13-11-25(35-2)12-14-32/h4,6-8,17-18,21,25H,3,5,9-16,19H2,1-2H3,(H,31,34). The van der Waals surface area contributed by atoms with Crippen molar-refractivity contribution in [1.29, 1.82) is 0 Å². The molecule has 190 valence electrons. The zero-order valence-electron chi connectivity index (χ0n) is 20.9. The van der Waals surface area contributed by atoms with Crippen LogP contribution in [0.4, 0.5) is 0 Å². The lowest BCUT2D eigenvalue weighted by atomic mass is 9.93. The van der Waals surface area contributed by atoms with Crippen LogP contribution in [0.1, 0.15) is 55.8 Å².